The van der Waals surface area contributed by atoms with Crippen molar-refractivity contribution >= 4 is 0 Å². The summed E-state index contributed by atoms with van der Waals surface area (Å²) in [4.78, 5) is 0. The van der Waals surface area contributed by atoms with E-state index in [0.29, 0.717) is 6.04 Å². The molecule has 2 aliphatic carbocycles. The first-order valence-electron chi connectivity index (χ1n) is 8.61. The van der Waals surface area contributed by atoms with Crippen LogP contribution in [-0.4, -0.2) is 16.3 Å². The van der Waals surface area contributed by atoms with Gasteiger partial charge in [-0.15, -0.1) is 0 Å². The highest BCUT2D eigenvalue weighted by Crippen LogP contribution is 2.60. The van der Waals surface area contributed by atoms with Crippen molar-refractivity contribution in [2.75, 3.05) is 6.54 Å². The Labute approximate surface area is 123 Å². The Morgan fingerprint density at radius 2 is 2.00 bits per heavy atom. The molecule has 3 atom stereocenters. The average Bonchev–Trinajstić information content (AvgIpc) is 3.01. The molecule has 3 heteroatoms. The van der Waals surface area contributed by atoms with E-state index in [9.17, 15) is 0 Å². The Morgan fingerprint density at radius 1 is 1.25 bits per heavy atom. The zero-order valence-corrected chi connectivity index (χ0v) is 13.0. The van der Waals surface area contributed by atoms with Gasteiger partial charge in [-0.3, -0.25) is 4.68 Å². The number of nitrogens with one attached hydrogen (secondary N) is 1. The second-order valence-corrected chi connectivity index (χ2v) is 6.60. The zero-order valence-electron chi connectivity index (χ0n) is 13.0. The van der Waals surface area contributed by atoms with Crippen molar-refractivity contribution in [3.05, 3.63) is 18.0 Å². The maximum atomic E-state index is 4.54. The zero-order chi connectivity index (χ0) is 13.9. The fourth-order valence-corrected chi connectivity index (χ4v) is 4.29. The van der Waals surface area contributed by atoms with E-state index in [1.54, 1.807) is 0 Å². The molecule has 0 aromatic carbocycles. The van der Waals surface area contributed by atoms with Crippen LogP contribution in [0.25, 0.3) is 0 Å². The minimum Gasteiger partial charge on any atom is -0.308 e. The number of nitrogens with zero attached hydrogens (tertiary/aromatic N) is 2. The molecule has 1 N–H and O–H groups in total. The first-order chi connectivity index (χ1) is 9.86. The Bertz CT molecular complexity index is 414. The molecule has 112 valence electrons. The van der Waals surface area contributed by atoms with Gasteiger partial charge in [0.2, 0.25) is 0 Å². The Morgan fingerprint density at radius 3 is 2.65 bits per heavy atom. The summed E-state index contributed by atoms with van der Waals surface area (Å²) in [6.07, 6.45) is 10.2. The molecule has 0 spiro atoms. The van der Waals surface area contributed by atoms with Crippen molar-refractivity contribution in [3.63, 3.8) is 0 Å². The van der Waals surface area contributed by atoms with Gasteiger partial charge in [0.1, 0.15) is 0 Å². The fourth-order valence-electron chi connectivity index (χ4n) is 4.29. The number of hydrogen-bond donors (Lipinski definition) is 1. The van der Waals surface area contributed by atoms with Gasteiger partial charge in [0.05, 0.1) is 11.7 Å². The van der Waals surface area contributed by atoms with Crippen LogP contribution in [0.1, 0.15) is 64.1 Å². The molecule has 3 nitrogen and oxygen atoms in total. The largest absolute Gasteiger partial charge is 0.308 e. The van der Waals surface area contributed by atoms with Gasteiger partial charge in [0.15, 0.2) is 0 Å². The predicted octanol–water partition coefficient (Wildman–Crippen LogP) is 3.77. The molecule has 0 aliphatic heterocycles. The summed E-state index contributed by atoms with van der Waals surface area (Å²) in [5.74, 6) is 2.85. The summed E-state index contributed by atoms with van der Waals surface area (Å²) >= 11 is 0. The lowest BCUT2D eigenvalue weighted by Crippen LogP contribution is -2.27. The molecule has 3 unspecified atom stereocenters. The van der Waals surface area contributed by atoms with Crippen LogP contribution < -0.4 is 5.32 Å². The van der Waals surface area contributed by atoms with Crippen LogP contribution in [0.5, 0.6) is 0 Å². The van der Waals surface area contributed by atoms with Crippen LogP contribution in [0.4, 0.5) is 0 Å². The lowest BCUT2D eigenvalue weighted by Gasteiger charge is -2.20. The van der Waals surface area contributed by atoms with E-state index in [-0.39, 0.29) is 0 Å². The Kier molecular flexibility index (Phi) is 4.45. The predicted molar refractivity (Wildman–Crippen MR) is 82.5 cm³/mol. The topological polar surface area (TPSA) is 29.9 Å². The van der Waals surface area contributed by atoms with Gasteiger partial charge in [-0.05, 0) is 56.0 Å². The number of aromatic nitrogens is 2. The SMILES string of the molecule is CCCNC(c1ccnn1CCC)C1C2CCCCC21. The summed E-state index contributed by atoms with van der Waals surface area (Å²) in [7, 11) is 0. The van der Waals surface area contributed by atoms with Crippen molar-refractivity contribution in [1.29, 1.82) is 0 Å². The summed E-state index contributed by atoms with van der Waals surface area (Å²) in [6.45, 7) is 6.66. The first kappa shape index (κ1) is 14.1. The first-order valence-corrected chi connectivity index (χ1v) is 8.61. The smallest absolute Gasteiger partial charge is 0.0556 e. The van der Waals surface area contributed by atoms with Crippen molar-refractivity contribution < 1.29 is 0 Å². The molecular formula is C17H29N3. The highest BCUT2D eigenvalue weighted by molar-refractivity contribution is 5.16. The number of fused-ring (bicyclic) bond motifs is 1. The van der Waals surface area contributed by atoms with Crippen LogP contribution >= 0.6 is 0 Å². The van der Waals surface area contributed by atoms with Crippen LogP contribution in [0.3, 0.4) is 0 Å². The number of rotatable bonds is 7. The molecule has 2 saturated carbocycles. The third-order valence-corrected chi connectivity index (χ3v) is 5.23. The van der Waals surface area contributed by atoms with Gasteiger partial charge in [-0.1, -0.05) is 26.7 Å². The van der Waals surface area contributed by atoms with Crippen molar-refractivity contribution in [1.82, 2.24) is 15.1 Å². The lowest BCUT2D eigenvalue weighted by molar-refractivity contribution is 0.408. The van der Waals surface area contributed by atoms with Crippen molar-refractivity contribution in [2.24, 2.45) is 17.8 Å². The van der Waals surface area contributed by atoms with Crippen LogP contribution in [0.15, 0.2) is 12.3 Å². The molecule has 2 fully saturated rings. The van der Waals surface area contributed by atoms with E-state index in [2.05, 4.69) is 35.0 Å². The number of hydrogen-bond acceptors (Lipinski definition) is 2. The molecular weight excluding hydrogens is 246 g/mol. The second-order valence-electron chi connectivity index (χ2n) is 6.60. The second kappa shape index (κ2) is 6.30. The molecule has 0 radical (unpaired) electrons. The molecule has 20 heavy (non-hydrogen) atoms. The molecule has 0 amide bonds. The maximum absolute atomic E-state index is 4.54. The van der Waals surface area contributed by atoms with Gasteiger partial charge < -0.3 is 5.32 Å². The molecule has 2 aliphatic rings. The third kappa shape index (κ3) is 2.65. The minimum absolute atomic E-state index is 0.539. The van der Waals surface area contributed by atoms with E-state index >= 15 is 0 Å². The van der Waals surface area contributed by atoms with Crippen molar-refractivity contribution in [2.45, 2.75) is 65.0 Å². The van der Waals surface area contributed by atoms with Gasteiger partial charge in [-0.25, -0.2) is 0 Å². The molecule has 1 heterocycles. The maximum Gasteiger partial charge on any atom is 0.0556 e. The van der Waals surface area contributed by atoms with Gasteiger partial charge in [0.25, 0.3) is 0 Å². The molecule has 3 rings (SSSR count). The molecule has 1 aromatic rings. The molecule has 0 bridgehead atoms. The fraction of sp³-hybridized carbons (Fsp3) is 0.824. The van der Waals surface area contributed by atoms with Gasteiger partial charge in [-0.2, -0.15) is 5.10 Å². The van der Waals surface area contributed by atoms with Gasteiger partial charge >= 0.3 is 0 Å². The normalized spacial score (nSPS) is 30.0. The summed E-state index contributed by atoms with van der Waals surface area (Å²) in [6, 6.07) is 2.78. The van der Waals surface area contributed by atoms with E-state index in [1.807, 2.05) is 6.20 Å². The summed E-state index contributed by atoms with van der Waals surface area (Å²) in [5, 5.41) is 8.37. The monoisotopic (exact) mass is 275 g/mol. The molecule has 0 saturated heterocycles. The van der Waals surface area contributed by atoms with E-state index in [0.717, 1.165) is 37.3 Å². The summed E-state index contributed by atoms with van der Waals surface area (Å²) < 4.78 is 2.23. The summed E-state index contributed by atoms with van der Waals surface area (Å²) in [5.41, 5.74) is 1.43. The average molecular weight is 275 g/mol. The minimum atomic E-state index is 0.539. The Hall–Kier alpha value is -0.830. The van der Waals surface area contributed by atoms with Crippen LogP contribution in [0, 0.1) is 17.8 Å². The highest BCUT2D eigenvalue weighted by atomic mass is 15.3. The Balaban J connectivity index is 1.77. The van der Waals surface area contributed by atoms with E-state index in [4.69, 9.17) is 0 Å². The lowest BCUT2D eigenvalue weighted by atomic mass is 10.0. The van der Waals surface area contributed by atoms with Crippen LogP contribution in [-0.2, 0) is 6.54 Å². The molecule has 1 aromatic heterocycles. The van der Waals surface area contributed by atoms with Crippen LogP contribution in [0.2, 0.25) is 0 Å². The van der Waals surface area contributed by atoms with E-state index < -0.39 is 0 Å². The highest BCUT2D eigenvalue weighted by Gasteiger charge is 2.54. The quantitative estimate of drug-likeness (QED) is 0.821. The van der Waals surface area contributed by atoms with E-state index in [1.165, 1.54) is 37.8 Å². The van der Waals surface area contributed by atoms with Gasteiger partial charge in [0, 0.05) is 12.7 Å². The standard InChI is InChI=1S/C17H29N3/c1-3-10-18-17(15-9-11-19-20(15)12-4-2)16-13-7-5-6-8-14(13)16/h9,11,13-14,16-18H,3-8,10,12H2,1-2H3. The van der Waals surface area contributed by atoms with Crippen molar-refractivity contribution in [3.8, 4) is 0 Å². The third-order valence-electron chi connectivity index (χ3n) is 5.23. The number of aryl methyl sites for hydroxylation is 1.